The van der Waals surface area contributed by atoms with Gasteiger partial charge in [-0.2, -0.15) is 0 Å². The molecule has 0 amide bonds. The highest BCUT2D eigenvalue weighted by atomic mass is 31.2. The fraction of sp³-hybridized carbons (Fsp3) is 0.913. The standard InChI is InChI=1S/C23H46NO8P/c1-6-8-10-11-12-14-15-22(25)29-19-21(32-23(26)16-13-9-7-2)20-31-33(27,28)30-18-17-24(3,4)5/h21H,6-20H2,1-5H3/p+1/t21-/m0/s1. The number of phosphoric acid groups is 1. The van der Waals surface area contributed by atoms with Crippen LogP contribution in [0.4, 0.5) is 0 Å². The normalized spacial score (nSPS) is 14.5. The molecule has 2 atom stereocenters. The lowest BCUT2D eigenvalue weighted by Crippen LogP contribution is -2.37. The maximum Gasteiger partial charge on any atom is 0.472 e. The van der Waals surface area contributed by atoms with Crippen molar-refractivity contribution in [2.45, 2.75) is 90.6 Å². The first kappa shape index (κ1) is 32.0. The largest absolute Gasteiger partial charge is 0.472 e. The maximum atomic E-state index is 12.1. The summed E-state index contributed by atoms with van der Waals surface area (Å²) in [4.78, 5) is 34.0. The summed E-state index contributed by atoms with van der Waals surface area (Å²) in [6.45, 7) is 4.10. The number of hydrogen-bond acceptors (Lipinski definition) is 7. The summed E-state index contributed by atoms with van der Waals surface area (Å²) >= 11 is 0. The third-order valence-corrected chi connectivity index (χ3v) is 5.87. The molecule has 0 fully saturated rings. The first-order chi connectivity index (χ1) is 15.5. The molecule has 0 rings (SSSR count). The van der Waals surface area contributed by atoms with Crippen molar-refractivity contribution in [1.29, 1.82) is 0 Å². The van der Waals surface area contributed by atoms with Gasteiger partial charge in [-0.25, -0.2) is 4.57 Å². The molecule has 9 nitrogen and oxygen atoms in total. The number of esters is 2. The number of unbranched alkanes of at least 4 members (excludes halogenated alkanes) is 7. The zero-order valence-electron chi connectivity index (χ0n) is 21.4. The molecule has 0 saturated carbocycles. The third-order valence-electron chi connectivity index (χ3n) is 4.89. The second-order valence-electron chi connectivity index (χ2n) is 9.38. The van der Waals surface area contributed by atoms with Crippen molar-refractivity contribution in [1.82, 2.24) is 0 Å². The first-order valence-electron chi connectivity index (χ1n) is 12.3. The Morgan fingerprint density at radius 3 is 2.00 bits per heavy atom. The number of ether oxygens (including phenoxy) is 2. The molecule has 10 heteroatoms. The predicted molar refractivity (Wildman–Crippen MR) is 128 cm³/mol. The van der Waals surface area contributed by atoms with Crippen LogP contribution in [0.3, 0.4) is 0 Å². The Kier molecular flexibility index (Phi) is 17.8. The molecule has 0 radical (unpaired) electrons. The Bertz CT molecular complexity index is 579. The Morgan fingerprint density at radius 2 is 1.36 bits per heavy atom. The summed E-state index contributed by atoms with van der Waals surface area (Å²) in [7, 11) is 1.47. The van der Waals surface area contributed by atoms with Gasteiger partial charge in [0, 0.05) is 12.8 Å². The van der Waals surface area contributed by atoms with Gasteiger partial charge < -0.3 is 18.9 Å². The lowest BCUT2D eigenvalue weighted by molar-refractivity contribution is -0.870. The summed E-state index contributed by atoms with van der Waals surface area (Å²) in [5.74, 6) is -0.841. The van der Waals surface area contributed by atoms with Crippen molar-refractivity contribution in [3.05, 3.63) is 0 Å². The summed E-state index contributed by atoms with van der Waals surface area (Å²) < 4.78 is 33.3. The second kappa shape index (κ2) is 18.4. The van der Waals surface area contributed by atoms with Gasteiger partial charge in [0.15, 0.2) is 6.10 Å². The van der Waals surface area contributed by atoms with E-state index in [1.165, 1.54) is 12.8 Å². The summed E-state index contributed by atoms with van der Waals surface area (Å²) in [5, 5.41) is 0. The van der Waals surface area contributed by atoms with Gasteiger partial charge >= 0.3 is 19.8 Å². The molecule has 0 aliphatic carbocycles. The van der Waals surface area contributed by atoms with Gasteiger partial charge in [-0.3, -0.25) is 18.6 Å². The van der Waals surface area contributed by atoms with E-state index in [-0.39, 0.29) is 32.0 Å². The van der Waals surface area contributed by atoms with E-state index in [1.807, 2.05) is 28.1 Å². The summed E-state index contributed by atoms with van der Waals surface area (Å²) in [6, 6.07) is 0. The number of quaternary nitrogens is 1. The molecule has 33 heavy (non-hydrogen) atoms. The first-order valence-corrected chi connectivity index (χ1v) is 13.8. The van der Waals surface area contributed by atoms with Crippen LogP contribution in [0, 0.1) is 0 Å². The fourth-order valence-electron chi connectivity index (χ4n) is 2.83. The molecular weight excluding hydrogens is 449 g/mol. The van der Waals surface area contributed by atoms with Crippen molar-refractivity contribution in [2.75, 3.05) is 47.5 Å². The molecule has 0 heterocycles. The zero-order chi connectivity index (χ0) is 25.2. The highest BCUT2D eigenvalue weighted by Crippen LogP contribution is 2.43. The number of likely N-dealkylation sites (N-methyl/N-ethyl adjacent to an activating group) is 1. The van der Waals surface area contributed by atoms with Crippen LogP contribution in [-0.4, -0.2) is 74.9 Å². The van der Waals surface area contributed by atoms with Gasteiger partial charge in [0.05, 0.1) is 27.7 Å². The van der Waals surface area contributed by atoms with Crippen molar-refractivity contribution in [3.63, 3.8) is 0 Å². The lowest BCUT2D eigenvalue weighted by Gasteiger charge is -2.24. The molecule has 196 valence electrons. The highest BCUT2D eigenvalue weighted by Gasteiger charge is 2.26. The molecular formula is C23H47NO8P+. The average molecular weight is 497 g/mol. The molecule has 0 aromatic carbocycles. The van der Waals surface area contributed by atoms with Gasteiger partial charge in [-0.1, -0.05) is 58.8 Å². The molecule has 0 spiro atoms. The highest BCUT2D eigenvalue weighted by molar-refractivity contribution is 7.47. The fourth-order valence-corrected chi connectivity index (χ4v) is 3.57. The molecule has 0 saturated heterocycles. The number of rotatable bonds is 21. The van der Waals surface area contributed by atoms with Crippen molar-refractivity contribution < 1.29 is 42.1 Å². The minimum atomic E-state index is -4.32. The molecule has 1 N–H and O–H groups in total. The number of nitrogens with zero attached hydrogens (tertiary/aromatic N) is 1. The number of phosphoric ester groups is 1. The van der Waals surface area contributed by atoms with Crippen LogP contribution in [0.25, 0.3) is 0 Å². The number of carbonyl (C=O) groups is 2. The number of hydrogen-bond donors (Lipinski definition) is 1. The van der Waals surface area contributed by atoms with Gasteiger partial charge in [0.25, 0.3) is 0 Å². The van der Waals surface area contributed by atoms with E-state index >= 15 is 0 Å². The average Bonchev–Trinajstić information content (AvgIpc) is 2.71. The van der Waals surface area contributed by atoms with Gasteiger partial charge in [0.2, 0.25) is 0 Å². The van der Waals surface area contributed by atoms with E-state index in [2.05, 4.69) is 6.92 Å². The van der Waals surface area contributed by atoms with Crippen molar-refractivity contribution in [2.24, 2.45) is 0 Å². The minimum absolute atomic E-state index is 0.0337. The minimum Gasteiger partial charge on any atom is -0.462 e. The van der Waals surface area contributed by atoms with Gasteiger partial charge in [0.1, 0.15) is 19.8 Å². The molecule has 0 aromatic heterocycles. The summed E-state index contributed by atoms with van der Waals surface area (Å²) in [5.41, 5.74) is 0. The molecule has 0 bridgehead atoms. The van der Waals surface area contributed by atoms with Crippen LogP contribution < -0.4 is 0 Å². The van der Waals surface area contributed by atoms with Gasteiger partial charge in [-0.05, 0) is 12.8 Å². The van der Waals surface area contributed by atoms with Crippen molar-refractivity contribution in [3.8, 4) is 0 Å². The Labute approximate surface area is 200 Å². The van der Waals surface area contributed by atoms with Crippen LogP contribution in [0.15, 0.2) is 0 Å². The van der Waals surface area contributed by atoms with E-state index in [0.29, 0.717) is 17.4 Å². The molecule has 1 unspecified atom stereocenters. The zero-order valence-corrected chi connectivity index (χ0v) is 22.3. The number of carbonyl (C=O) groups excluding carboxylic acids is 2. The second-order valence-corrected chi connectivity index (χ2v) is 10.8. The third kappa shape index (κ3) is 21.3. The van der Waals surface area contributed by atoms with Crippen LogP contribution in [0.2, 0.25) is 0 Å². The van der Waals surface area contributed by atoms with Crippen LogP contribution in [0.5, 0.6) is 0 Å². The Hall–Kier alpha value is -0.990. The SMILES string of the molecule is CCCCCCCCC(=O)OC[C@@H](COP(=O)(O)OCC[N+](C)(C)C)OC(=O)CCCCC. The smallest absolute Gasteiger partial charge is 0.462 e. The summed E-state index contributed by atoms with van der Waals surface area (Å²) in [6.07, 6.45) is 8.42. The molecule has 0 aliphatic heterocycles. The maximum absolute atomic E-state index is 12.1. The van der Waals surface area contributed by atoms with Gasteiger partial charge in [-0.15, -0.1) is 0 Å². The van der Waals surface area contributed by atoms with E-state index < -0.39 is 26.5 Å². The molecule has 0 aliphatic rings. The predicted octanol–water partition coefficient (Wildman–Crippen LogP) is 4.61. The topological polar surface area (TPSA) is 108 Å². The lowest BCUT2D eigenvalue weighted by atomic mass is 10.1. The monoisotopic (exact) mass is 496 g/mol. The molecule has 0 aromatic rings. The van der Waals surface area contributed by atoms with E-state index in [1.54, 1.807) is 0 Å². The Morgan fingerprint density at radius 1 is 0.818 bits per heavy atom. The quantitative estimate of drug-likeness (QED) is 0.106. The van der Waals surface area contributed by atoms with Crippen molar-refractivity contribution >= 4 is 19.8 Å². The van der Waals surface area contributed by atoms with Crippen LogP contribution >= 0.6 is 7.82 Å². The van der Waals surface area contributed by atoms with Crippen LogP contribution in [0.1, 0.15) is 84.5 Å². The van der Waals surface area contributed by atoms with E-state index in [0.717, 1.165) is 38.5 Å². The van der Waals surface area contributed by atoms with E-state index in [4.69, 9.17) is 18.5 Å². The van der Waals surface area contributed by atoms with E-state index in [9.17, 15) is 19.0 Å². The van der Waals surface area contributed by atoms with Crippen LogP contribution in [-0.2, 0) is 32.7 Å². The Balaban J connectivity index is 4.57.